The van der Waals surface area contributed by atoms with Crippen molar-refractivity contribution in [2.24, 2.45) is 59.2 Å². The number of Topliss-reactive ketones (excluding diaryl/α,β-unsaturated/α-hetero) is 4. The van der Waals surface area contributed by atoms with Gasteiger partial charge < -0.3 is 70.4 Å². The van der Waals surface area contributed by atoms with Crippen molar-refractivity contribution in [3.05, 3.63) is 11.6 Å². The summed E-state index contributed by atoms with van der Waals surface area (Å²) in [6.07, 6.45) is 0.268. The van der Waals surface area contributed by atoms with Crippen molar-refractivity contribution in [1.82, 2.24) is 0 Å². The largest absolute Gasteiger partial charge is 1.00 e. The summed E-state index contributed by atoms with van der Waals surface area (Å²) in [6.45, 7) is 25.0. The van der Waals surface area contributed by atoms with E-state index < -0.39 is 127 Å². The number of methoxy groups -OCH3 is 3. The van der Waals surface area contributed by atoms with Gasteiger partial charge in [-0.3, -0.25) is 51.5 Å². The van der Waals surface area contributed by atoms with E-state index in [4.69, 9.17) is 82.1 Å². The van der Waals surface area contributed by atoms with Gasteiger partial charge in [0.05, 0.1) is 72.1 Å². The van der Waals surface area contributed by atoms with E-state index in [2.05, 4.69) is 33.9 Å². The molecule has 12 atom stereocenters. The number of hydrogen-bond acceptors (Lipinski definition) is 29. The van der Waals surface area contributed by atoms with E-state index >= 15 is 0 Å². The van der Waals surface area contributed by atoms with E-state index in [0.29, 0.717) is 69.0 Å². The zero-order valence-corrected chi connectivity index (χ0v) is 72.5. The Labute approximate surface area is 650 Å². The molecule has 6 aliphatic carbocycles. The number of esters is 3. The van der Waals surface area contributed by atoms with Crippen LogP contribution in [0.15, 0.2) is 11.6 Å². The van der Waals surface area contributed by atoms with Gasteiger partial charge in [0.25, 0.3) is 0 Å². The number of aliphatic hydroxyl groups is 10. The summed E-state index contributed by atoms with van der Waals surface area (Å²) < 4.78 is 82.6. The molecule has 0 amide bonds. The van der Waals surface area contributed by atoms with Gasteiger partial charge in [-0.1, -0.05) is 94.5 Å². The Bertz CT molecular complexity index is 2300. The summed E-state index contributed by atoms with van der Waals surface area (Å²) >= 11 is -13.6. The second kappa shape index (κ2) is 51.9. The average molecular weight is 1830 g/mol. The Morgan fingerprint density at radius 3 is 1.07 bits per heavy atom. The van der Waals surface area contributed by atoms with E-state index in [9.17, 15) is 69.0 Å². The summed E-state index contributed by atoms with van der Waals surface area (Å²) in [6, 6.07) is 0.628. The van der Waals surface area contributed by atoms with Gasteiger partial charge in [-0.25, -0.2) is 14.4 Å². The van der Waals surface area contributed by atoms with Crippen LogP contribution in [0.3, 0.4) is 0 Å². The average Bonchev–Trinajstić information content (AvgIpc) is 0.821. The second-order valence-corrected chi connectivity index (χ2v) is 44.4. The maximum atomic E-state index is 11.5. The molecule has 6 fully saturated rings. The molecule has 98 heavy (non-hydrogen) atoms. The number of ether oxygens (including phenoxy) is 3. The molecular formula is C59H104Cl3I2Na2O30RuSi. The van der Waals surface area contributed by atoms with Crippen LogP contribution in [0.4, 0.5) is 0 Å². The zero-order valence-electron chi connectivity index (χ0n) is 59.1. The number of carbonyl (C=O) groups is 8. The minimum absolute atomic E-state index is 0. The Morgan fingerprint density at radius 2 is 0.806 bits per heavy atom. The van der Waals surface area contributed by atoms with Crippen LogP contribution in [0, 0.1) is 59.2 Å². The van der Waals surface area contributed by atoms with Crippen molar-refractivity contribution >= 4 is 84.2 Å². The number of aliphatic carboxylic acids is 1. The first-order valence-electron chi connectivity index (χ1n) is 30.2. The second-order valence-electron chi connectivity index (χ2n) is 26.7. The van der Waals surface area contributed by atoms with Crippen LogP contribution in [-0.2, 0) is 65.5 Å². The smallest absolute Gasteiger partial charge is 0.286 e. The number of allylic oxidation sites excluding steroid dienone is 1. The number of carboxylic acid groups (broad SMARTS) is 1. The van der Waals surface area contributed by atoms with Crippen molar-refractivity contribution in [2.45, 2.75) is 225 Å². The number of carboxylic acids is 1. The topological polar surface area (TPSA) is 571 Å². The number of hydrogen-bond donors (Lipinski definition) is 11. The zero-order chi connectivity index (χ0) is 76.7. The molecule has 6 saturated carbocycles. The Morgan fingerprint density at radius 1 is 0.510 bits per heavy atom. The Balaban J connectivity index is -0.000000244. The van der Waals surface area contributed by atoms with Crippen LogP contribution in [0.1, 0.15) is 146 Å². The van der Waals surface area contributed by atoms with Crippen LogP contribution < -0.4 is 127 Å². The molecule has 0 aromatic rings. The van der Waals surface area contributed by atoms with Gasteiger partial charge in [-0.15, -0.1) is 0 Å². The van der Waals surface area contributed by atoms with Gasteiger partial charge in [0.2, 0.25) is 0 Å². The predicted octanol–water partition coefficient (Wildman–Crippen LogP) is -15.9. The fourth-order valence-electron chi connectivity index (χ4n) is 11.4. The third kappa shape index (κ3) is 50.3. The molecule has 0 aromatic heterocycles. The van der Waals surface area contributed by atoms with Crippen LogP contribution >= 0.6 is 29.1 Å². The molecule has 0 aliphatic heterocycles. The third-order valence-electron chi connectivity index (χ3n) is 16.0. The monoisotopic (exact) mass is 1830 g/mol. The molecule has 6 aliphatic rings. The summed E-state index contributed by atoms with van der Waals surface area (Å²) in [4.78, 5) is 87.9. The minimum Gasteiger partial charge on any atom is -0.286 e. The SMILES string of the molecule is COC(=O)C1(O)C[C@@H](C)C(O)[C@H](C)C1.COC(=O)C=C1C[C@@H](C)C(=O)[C@H](C)C1.COC(=O)C[Si](C)(C)C.C[C@@H]1CC(=O)C[C@@H](C)C1=O.C[C@@H]1CC(=O)C[C@@H](C)C1O.C[C@@H]1CC(O)(CO)C[C@@H](C)C1O.O=C(O)C1(O)C[C@@H](O)C(O)[C@H](O)C1.[Cl][Ru]([Cl])[Cl].[Na+].[Na+].[O-][I+3]([O-])([O-])[O-].[O-][I+3]([O-])([O-])[O-]. The molecule has 569 valence electrons. The molecule has 0 spiro atoms. The van der Waals surface area contributed by atoms with E-state index in [1.54, 1.807) is 0 Å². The van der Waals surface area contributed by atoms with Gasteiger partial charge in [-0.2, -0.15) is 0 Å². The molecule has 0 radical (unpaired) electrons. The number of halogens is 5. The van der Waals surface area contributed by atoms with Crippen LogP contribution in [0.5, 0.6) is 0 Å². The van der Waals surface area contributed by atoms with Gasteiger partial charge in [-0.05, 0) is 74.0 Å². The molecule has 0 heterocycles. The first kappa shape index (κ1) is 110. The van der Waals surface area contributed by atoms with Gasteiger partial charge in [0.15, 0.2) is 11.2 Å². The molecule has 0 bridgehead atoms. The van der Waals surface area contributed by atoms with Crippen molar-refractivity contribution in [2.75, 3.05) is 27.9 Å². The standard InChI is InChI=1S/C11H16O3.C10H18O4.C9H18O3.C8H14O2.C8H12O2.C7H12O6.C6H14O2Si.3ClH.2IO4.2Na.Ru/c1-7-4-9(6-10(12)14-3)5-8(2)11(7)13;1-6-4-10(13,9(12)14-3)5-7(2)8(6)11;1-6-3-9(12,5-10)4-7(2)8(6)11;2*1-5-3-7(9)4-6(2)8(5)10;8-3-1-7(13,6(11)12)2-4(9)5(3)10;1-8-6(7)5-9(2,3)4;;;;2*2-1(3,4)5;;;/h6-8H,4-5H2,1-3H3;6-8,11,13H,4-5H2,1-3H3;6-8,10-12H,3-5H2,1-2H3;5-6,8,10H,3-4H2,1-2H3;5-6H,3-4H2,1-2H3;3-5,8-10,13H,1-2H2,(H,11,12);5H2,1-4H3;3*1H;;;;;/q;;;;;;;;;;2*-1;2*+1;+3/p-3/t7-,8-;6-,7-,8?,10?;6-,7-,8?,9?;2*5-,6-;3-,4-,5?,7?;;;;;;;;;/m111111........./s1. The van der Waals surface area contributed by atoms with Gasteiger partial charge >= 0.3 is 125 Å². The molecule has 6 rings (SSSR count). The molecule has 0 unspecified atom stereocenters. The predicted molar refractivity (Wildman–Crippen MR) is 323 cm³/mol. The number of ketones is 4. The van der Waals surface area contributed by atoms with Crippen LogP contribution in [0.25, 0.3) is 0 Å². The molecule has 11 N–H and O–H groups in total. The van der Waals surface area contributed by atoms with Gasteiger partial charge in [0.1, 0.15) is 69.4 Å². The maximum absolute atomic E-state index is 11.5. The Hall–Kier alpha value is 0.750. The molecule has 0 aromatic carbocycles. The maximum Gasteiger partial charge on any atom is 1.00 e. The first-order valence-corrected chi connectivity index (χ1v) is 47.7. The normalized spacial score (nSPS) is 32.2. The van der Waals surface area contributed by atoms with Crippen molar-refractivity contribution in [3.8, 4) is 0 Å². The molecule has 0 saturated heterocycles. The van der Waals surface area contributed by atoms with Crippen LogP contribution in [-0.4, -0.2) is 193 Å². The fourth-order valence-corrected chi connectivity index (χ4v) is 12.4. The quantitative estimate of drug-likeness (QED) is 0.0387. The van der Waals surface area contributed by atoms with Crippen molar-refractivity contribution in [1.29, 1.82) is 0 Å². The fraction of sp³-hybridized carbons (Fsp3) is 0.831. The molecule has 39 heteroatoms. The molecule has 30 nitrogen and oxygen atoms in total. The van der Waals surface area contributed by atoms with Crippen molar-refractivity contribution in [3.63, 3.8) is 0 Å². The third-order valence-corrected chi connectivity index (χ3v) is 17.4. The van der Waals surface area contributed by atoms with E-state index in [1.807, 2.05) is 69.2 Å². The summed E-state index contributed by atoms with van der Waals surface area (Å²) in [7, 11) is 17.7. The van der Waals surface area contributed by atoms with E-state index in [-0.39, 0.29) is 173 Å². The first-order chi connectivity index (χ1) is 43.2. The van der Waals surface area contributed by atoms with Gasteiger partial charge in [0, 0.05) is 74.3 Å². The van der Waals surface area contributed by atoms with Crippen molar-refractivity contribution < 1.29 is 249 Å². The number of aliphatic hydroxyl groups excluding tert-OH is 7. The molecular weight excluding hydrogens is 1720 g/mol. The number of rotatable bonds is 6. The summed E-state index contributed by atoms with van der Waals surface area (Å²) in [5.74, 6) is -1.09. The summed E-state index contributed by atoms with van der Waals surface area (Å²) in [5, 5.41) is 103. The number of carbonyl (C=O) groups excluding carboxylic acids is 7. The van der Waals surface area contributed by atoms with Crippen LogP contribution in [0.2, 0.25) is 25.7 Å². The minimum atomic E-state index is -5.94. The summed E-state index contributed by atoms with van der Waals surface area (Å²) in [5.41, 5.74) is -3.49. The van der Waals surface area contributed by atoms with E-state index in [0.717, 1.165) is 5.57 Å². The Kier molecular flexibility index (Phi) is 58.1. The van der Waals surface area contributed by atoms with E-state index in [1.165, 1.54) is 27.4 Å².